The minimum Gasteiger partial charge on any atom is -0.326 e. The Kier molecular flexibility index (Phi) is 5.96. The van der Waals surface area contributed by atoms with E-state index in [-0.39, 0.29) is 29.8 Å². The molecule has 5 rings (SSSR count). The zero-order valence-electron chi connectivity index (χ0n) is 18.0. The Balaban J connectivity index is 1.67. The summed E-state index contributed by atoms with van der Waals surface area (Å²) in [6.07, 6.45) is 4.85. The summed E-state index contributed by atoms with van der Waals surface area (Å²) in [6.45, 7) is 2.05. The number of rotatable bonds is 5. The van der Waals surface area contributed by atoms with E-state index in [0.29, 0.717) is 10.9 Å². The number of halogens is 2. The van der Waals surface area contributed by atoms with Crippen molar-refractivity contribution in [3.05, 3.63) is 99.8 Å². The molecule has 2 heterocycles. The number of hydrogen-bond donors (Lipinski definition) is 0. The topological polar surface area (TPSA) is 33.2 Å². The molecule has 2 aromatic carbocycles. The van der Waals surface area contributed by atoms with Crippen molar-refractivity contribution in [1.82, 2.24) is 9.88 Å². The van der Waals surface area contributed by atoms with Crippen LogP contribution in [0.1, 0.15) is 61.0 Å². The minimum absolute atomic E-state index is 0.0335. The van der Waals surface area contributed by atoms with Gasteiger partial charge in [0.05, 0.1) is 17.8 Å². The third-order valence-corrected chi connectivity index (χ3v) is 7.30. The van der Waals surface area contributed by atoms with E-state index in [1.165, 1.54) is 0 Å². The second-order valence-electron chi connectivity index (χ2n) is 9.08. The number of nitrogens with zero attached hydrogens (tertiary/aromatic N) is 2. The highest BCUT2D eigenvalue weighted by Gasteiger charge is 2.49. The lowest BCUT2D eigenvalue weighted by molar-refractivity contribution is -0.147. The van der Waals surface area contributed by atoms with Crippen LogP contribution in [0.2, 0.25) is 10.0 Å². The molecule has 1 aliphatic carbocycles. The lowest BCUT2D eigenvalue weighted by atomic mass is 9.75. The molecule has 164 valence electrons. The van der Waals surface area contributed by atoms with Crippen LogP contribution in [0.25, 0.3) is 0 Å². The summed E-state index contributed by atoms with van der Waals surface area (Å²) in [5.74, 6) is 0.694. The molecular weight excluding hydrogens is 439 g/mol. The number of aromatic nitrogens is 1. The summed E-state index contributed by atoms with van der Waals surface area (Å²) in [6, 6.07) is 21.9. The van der Waals surface area contributed by atoms with Crippen LogP contribution >= 0.6 is 23.2 Å². The van der Waals surface area contributed by atoms with Gasteiger partial charge in [-0.25, -0.2) is 0 Å². The molecule has 2 aliphatic rings. The van der Waals surface area contributed by atoms with Crippen LogP contribution in [0.4, 0.5) is 0 Å². The van der Waals surface area contributed by atoms with Gasteiger partial charge >= 0.3 is 0 Å². The number of piperidine rings is 1. The Bertz CT molecular complexity index is 1100. The van der Waals surface area contributed by atoms with Gasteiger partial charge in [-0.3, -0.25) is 9.78 Å². The summed E-state index contributed by atoms with van der Waals surface area (Å²) in [5, 5.41) is 1.41. The van der Waals surface area contributed by atoms with Gasteiger partial charge in [0.25, 0.3) is 0 Å². The number of likely N-dealkylation sites (tertiary alicyclic amines) is 1. The van der Waals surface area contributed by atoms with Crippen molar-refractivity contribution in [2.75, 3.05) is 0 Å². The lowest BCUT2D eigenvalue weighted by Gasteiger charge is -2.48. The first kappa shape index (κ1) is 21.5. The molecule has 1 amide bonds. The summed E-state index contributed by atoms with van der Waals surface area (Å²) in [7, 11) is 0. The molecule has 0 spiro atoms. The van der Waals surface area contributed by atoms with Crippen molar-refractivity contribution in [2.45, 2.75) is 44.2 Å². The Morgan fingerprint density at radius 2 is 1.72 bits per heavy atom. The van der Waals surface area contributed by atoms with Gasteiger partial charge in [0, 0.05) is 28.1 Å². The fraction of sp³-hybridized carbons (Fsp3) is 0.333. The monoisotopic (exact) mass is 464 g/mol. The van der Waals surface area contributed by atoms with Crippen LogP contribution in [0.15, 0.2) is 72.9 Å². The predicted molar refractivity (Wildman–Crippen MR) is 129 cm³/mol. The Morgan fingerprint density at radius 1 is 0.938 bits per heavy atom. The number of carbonyl (C=O) groups is 1. The maximum Gasteiger partial charge on any atom is 0.226 e. The van der Waals surface area contributed by atoms with Crippen molar-refractivity contribution in [1.29, 1.82) is 0 Å². The molecule has 5 heteroatoms. The molecule has 0 radical (unpaired) electrons. The highest BCUT2D eigenvalue weighted by atomic mass is 35.5. The molecule has 4 atom stereocenters. The third kappa shape index (κ3) is 4.16. The number of amides is 1. The first-order valence-electron chi connectivity index (χ1n) is 11.3. The average Bonchev–Trinajstić information content (AvgIpc) is 3.63. The van der Waals surface area contributed by atoms with Gasteiger partial charge in [-0.1, -0.05) is 60.5 Å². The van der Waals surface area contributed by atoms with Gasteiger partial charge in [0.15, 0.2) is 0 Å². The molecule has 1 saturated carbocycles. The predicted octanol–water partition coefficient (Wildman–Crippen LogP) is 7.23. The van der Waals surface area contributed by atoms with Crippen LogP contribution in [-0.4, -0.2) is 15.8 Å². The minimum atomic E-state index is -0.109. The van der Waals surface area contributed by atoms with Gasteiger partial charge < -0.3 is 4.90 Å². The van der Waals surface area contributed by atoms with E-state index in [9.17, 15) is 4.79 Å². The smallest absolute Gasteiger partial charge is 0.226 e. The fourth-order valence-corrected chi connectivity index (χ4v) is 5.51. The largest absolute Gasteiger partial charge is 0.326 e. The highest BCUT2D eigenvalue weighted by molar-refractivity contribution is 6.30. The Labute approximate surface area is 199 Å². The first-order valence-corrected chi connectivity index (χ1v) is 12.0. The van der Waals surface area contributed by atoms with Crippen LogP contribution in [0.3, 0.4) is 0 Å². The van der Waals surface area contributed by atoms with Gasteiger partial charge in [-0.15, -0.1) is 0 Å². The van der Waals surface area contributed by atoms with Gasteiger partial charge in [-0.2, -0.15) is 0 Å². The number of hydrogen-bond acceptors (Lipinski definition) is 2. The molecule has 0 N–H and O–H groups in total. The average molecular weight is 465 g/mol. The van der Waals surface area contributed by atoms with Crippen molar-refractivity contribution >= 4 is 29.1 Å². The molecule has 3 unspecified atom stereocenters. The molecule has 0 bridgehead atoms. The molecule has 1 saturated heterocycles. The van der Waals surface area contributed by atoms with Crippen LogP contribution in [0.5, 0.6) is 0 Å². The number of carbonyl (C=O) groups excluding carboxylic acids is 1. The second-order valence-corrected chi connectivity index (χ2v) is 9.95. The summed E-state index contributed by atoms with van der Waals surface area (Å²) in [5.41, 5.74) is 3.24. The van der Waals surface area contributed by atoms with Gasteiger partial charge in [0.2, 0.25) is 5.91 Å². The first-order chi connectivity index (χ1) is 15.5. The van der Waals surface area contributed by atoms with E-state index in [2.05, 4.69) is 29.2 Å². The Morgan fingerprint density at radius 3 is 2.38 bits per heavy atom. The van der Waals surface area contributed by atoms with Crippen molar-refractivity contribution < 1.29 is 4.79 Å². The van der Waals surface area contributed by atoms with Crippen LogP contribution in [0, 0.1) is 11.8 Å². The van der Waals surface area contributed by atoms with Gasteiger partial charge in [-0.05, 0) is 72.7 Å². The maximum atomic E-state index is 13.8. The normalized spacial score (nSPS) is 24.4. The molecule has 1 aliphatic heterocycles. The summed E-state index contributed by atoms with van der Waals surface area (Å²) >= 11 is 12.6. The Hall–Kier alpha value is -2.36. The van der Waals surface area contributed by atoms with E-state index in [4.69, 9.17) is 28.2 Å². The standard InChI is InChI=1S/C27H26Cl2N2O/c1-17-15-23(20-5-4-6-22(29)16-20)25(18-10-12-21(28)13-11-18)31(27(17)32)26(19-8-9-19)24-7-2-3-14-30-24/h2-7,10-14,16-17,19,23,25-26H,8-9,15H2,1H3/t17?,23?,25?,26-/m0/s1. The van der Waals surface area contributed by atoms with E-state index in [1.54, 1.807) is 0 Å². The van der Waals surface area contributed by atoms with Crippen molar-refractivity contribution in [3.8, 4) is 0 Å². The zero-order valence-corrected chi connectivity index (χ0v) is 19.5. The second kappa shape index (κ2) is 8.88. The summed E-state index contributed by atoms with van der Waals surface area (Å²) < 4.78 is 0. The molecule has 3 aromatic rings. The third-order valence-electron chi connectivity index (χ3n) is 6.81. The van der Waals surface area contributed by atoms with E-state index >= 15 is 0 Å². The van der Waals surface area contributed by atoms with Gasteiger partial charge in [0.1, 0.15) is 0 Å². The van der Waals surface area contributed by atoms with Crippen LogP contribution in [-0.2, 0) is 4.79 Å². The fourth-order valence-electron chi connectivity index (χ4n) is 5.19. The lowest BCUT2D eigenvalue weighted by Crippen LogP contribution is -2.48. The van der Waals surface area contributed by atoms with Crippen molar-refractivity contribution in [3.63, 3.8) is 0 Å². The number of benzene rings is 2. The maximum absolute atomic E-state index is 13.8. The number of pyridine rings is 1. The highest BCUT2D eigenvalue weighted by Crippen LogP contribution is 2.53. The molecule has 32 heavy (non-hydrogen) atoms. The van der Waals surface area contributed by atoms with Crippen LogP contribution < -0.4 is 0 Å². The summed E-state index contributed by atoms with van der Waals surface area (Å²) in [4.78, 5) is 20.6. The molecular formula is C27H26Cl2N2O. The SMILES string of the molecule is CC1CC(c2cccc(Cl)c2)C(c2ccc(Cl)cc2)N([C@H](c2ccccn2)C2CC2)C1=O. The zero-order chi connectivity index (χ0) is 22.2. The molecule has 3 nitrogen and oxygen atoms in total. The molecule has 2 fully saturated rings. The molecule has 1 aromatic heterocycles. The van der Waals surface area contributed by atoms with E-state index < -0.39 is 0 Å². The van der Waals surface area contributed by atoms with E-state index in [1.807, 2.05) is 55.6 Å². The quantitative estimate of drug-likeness (QED) is 0.398. The van der Waals surface area contributed by atoms with E-state index in [0.717, 1.165) is 41.1 Å². The van der Waals surface area contributed by atoms with Crippen molar-refractivity contribution in [2.24, 2.45) is 11.8 Å².